The second-order valence-electron chi connectivity index (χ2n) is 25.4. The van der Waals surface area contributed by atoms with Gasteiger partial charge in [-0.25, -0.2) is 0 Å². The molecule has 9 aromatic carbocycles. The summed E-state index contributed by atoms with van der Waals surface area (Å²) in [6.07, 6.45) is 1.98. The third kappa shape index (κ3) is 14.8. The van der Waals surface area contributed by atoms with E-state index in [1.807, 2.05) is 103 Å². The fourth-order valence-corrected chi connectivity index (χ4v) is 11.9. The molecule has 0 saturated carbocycles. The molecule has 0 radical (unpaired) electrons. The zero-order valence-electron chi connectivity index (χ0n) is 49.4. The first kappa shape index (κ1) is 60.5. The summed E-state index contributed by atoms with van der Waals surface area (Å²) in [7, 11) is 0. The molecule has 0 amide bonds. The summed E-state index contributed by atoms with van der Waals surface area (Å²) in [5, 5.41) is 0. The van der Waals surface area contributed by atoms with Gasteiger partial charge in [-0.1, -0.05) is 210 Å². The molecule has 0 aromatic heterocycles. The second-order valence-corrected chi connectivity index (χ2v) is 26.4. The number of fused-ring (bicyclic) bond motifs is 6. The quantitative estimate of drug-likeness (QED) is 0.118. The van der Waals surface area contributed by atoms with Gasteiger partial charge in [0, 0.05) is 37.3 Å². The molecule has 0 fully saturated rings. The Kier molecular flexibility index (Phi) is 19.5. The van der Waals surface area contributed by atoms with Crippen LogP contribution in [0.3, 0.4) is 0 Å². The Morgan fingerprint density at radius 3 is 0.924 bits per heavy atom. The van der Waals surface area contributed by atoms with E-state index in [1.165, 1.54) is 100 Å². The van der Waals surface area contributed by atoms with Crippen molar-refractivity contribution in [2.45, 2.75) is 129 Å². The van der Waals surface area contributed by atoms with Crippen LogP contribution in [0.4, 0.5) is 0 Å². The van der Waals surface area contributed by atoms with Gasteiger partial charge in [-0.05, 0) is 135 Å². The summed E-state index contributed by atoms with van der Waals surface area (Å²) in [4.78, 5) is 0. The van der Waals surface area contributed by atoms with Crippen molar-refractivity contribution in [3.63, 3.8) is 0 Å². The Morgan fingerprint density at radius 1 is 0.329 bits per heavy atom. The van der Waals surface area contributed by atoms with Crippen molar-refractivity contribution in [1.82, 2.24) is 0 Å². The first-order valence-corrected chi connectivity index (χ1v) is 29.1. The third-order valence-corrected chi connectivity index (χ3v) is 16.1. The van der Waals surface area contributed by atoms with E-state index >= 15 is 0 Å². The molecule has 0 saturated heterocycles. The van der Waals surface area contributed by atoms with Crippen LogP contribution in [-0.4, -0.2) is 0 Å². The summed E-state index contributed by atoms with van der Waals surface area (Å²) < 4.78 is 0. The normalized spacial score (nSPS) is 12.2. The van der Waals surface area contributed by atoms with E-state index in [4.69, 9.17) is 0 Å². The third-order valence-electron chi connectivity index (χ3n) is 15.1. The van der Waals surface area contributed by atoms with Crippen LogP contribution >= 0.6 is 11.8 Å². The number of benzene rings is 9. The fraction of sp³-hybridized carbons (Fsp3) is 0.260. The first-order chi connectivity index (χ1) is 37.0. The topological polar surface area (TPSA) is 0 Å². The number of hydrogen-bond donors (Lipinski definition) is 0. The van der Waals surface area contributed by atoms with Crippen LogP contribution in [-0.2, 0) is 71.9 Å². The Bertz CT molecular complexity index is 3200. The van der Waals surface area contributed by atoms with Crippen LogP contribution in [0.25, 0.3) is 44.5 Å². The summed E-state index contributed by atoms with van der Waals surface area (Å²) in [6, 6.07) is 72.2. The van der Waals surface area contributed by atoms with Crippen LogP contribution in [0.15, 0.2) is 200 Å². The maximum atomic E-state index is 3.72. The second kappa shape index (κ2) is 25.5. The van der Waals surface area contributed by atoms with Crippen molar-refractivity contribution < 1.29 is 25.8 Å². The zero-order chi connectivity index (χ0) is 56.0. The minimum atomic E-state index is 0. The van der Waals surface area contributed by atoms with Gasteiger partial charge in [0.1, 0.15) is 0 Å². The van der Waals surface area contributed by atoms with Crippen molar-refractivity contribution in [1.29, 1.82) is 0 Å². The van der Waals surface area contributed by atoms with Crippen LogP contribution in [0.5, 0.6) is 0 Å². The Morgan fingerprint density at radius 2 is 0.633 bits per heavy atom. The average molecular weight is 1220 g/mol. The molecule has 0 N–H and O–H groups in total. The molecule has 9 aromatic rings. The van der Waals surface area contributed by atoms with Gasteiger partial charge in [-0.15, -0.1) is 36.4 Å². The number of thioether (sulfide) groups is 1. The molecule has 11 rings (SSSR count). The Balaban J connectivity index is 0.000000340. The van der Waals surface area contributed by atoms with E-state index in [-0.39, 0.29) is 47.5 Å². The van der Waals surface area contributed by atoms with Crippen LogP contribution in [0.2, 0.25) is 0 Å². The van der Waals surface area contributed by atoms with E-state index in [1.54, 1.807) is 0 Å². The first-order valence-electron chi connectivity index (χ1n) is 27.9. The van der Waals surface area contributed by atoms with E-state index < -0.39 is 0 Å². The molecule has 0 unspecified atom stereocenters. The molecular formula is C77H83HfS-3. The molecule has 0 aliphatic heterocycles. The summed E-state index contributed by atoms with van der Waals surface area (Å²) in [5.41, 5.74) is 29.4. The van der Waals surface area contributed by atoms with Crippen LogP contribution in [0, 0.1) is 20.8 Å². The largest absolute Gasteiger partial charge is 0.199 e. The van der Waals surface area contributed by atoms with Crippen molar-refractivity contribution in [3.8, 4) is 44.5 Å². The molecule has 2 aliphatic rings. The molecule has 404 valence electrons. The van der Waals surface area contributed by atoms with Crippen molar-refractivity contribution in [2.75, 3.05) is 0 Å². The summed E-state index contributed by atoms with van der Waals surface area (Å²) in [5.74, 6) is 1.92. The molecule has 0 bridgehead atoms. The van der Waals surface area contributed by atoms with Crippen LogP contribution < -0.4 is 0 Å². The van der Waals surface area contributed by atoms with Crippen molar-refractivity contribution in [3.05, 3.63) is 293 Å². The smallest absolute Gasteiger partial charge is 0.0194 e. The van der Waals surface area contributed by atoms with Gasteiger partial charge in [-0.3, -0.25) is 0 Å². The van der Waals surface area contributed by atoms with Gasteiger partial charge in [0.25, 0.3) is 0 Å². The van der Waals surface area contributed by atoms with E-state index in [0.717, 1.165) is 41.0 Å². The Hall–Kier alpha value is -6.19. The molecule has 0 atom stereocenters. The van der Waals surface area contributed by atoms with Gasteiger partial charge in [0.15, 0.2) is 0 Å². The van der Waals surface area contributed by atoms with Gasteiger partial charge in [-0.2, -0.15) is 85.6 Å². The Labute approximate surface area is 500 Å². The average Bonchev–Trinajstić information content (AvgIpc) is 4.14. The monoisotopic (exact) mass is 1220 g/mol. The van der Waals surface area contributed by atoms with Gasteiger partial charge in [0.05, 0.1) is 0 Å². The molecule has 0 heterocycles. The van der Waals surface area contributed by atoms with Gasteiger partial charge in [0.2, 0.25) is 0 Å². The number of rotatable bonds is 6. The van der Waals surface area contributed by atoms with Gasteiger partial charge >= 0.3 is 0 Å². The standard InChI is InChI=1S/C56H62S.3C7H7.Hf/c1-53(2,3)39-21-23-43-37(29-39)31-47-45(25-27-49(51(43)47)55(7,8)9)41-19-15-13-17-35(41)33-57-34-36-18-14-16-20-42(36)46-26-28-50(56(10,11)12)52-44-24-22-40(54(4,5)6)30-38(44)32-48(46)52;3*1-7-5-3-2-4-6-7;/h13-30H,31-34H2,1-12H3;3*2-6H,1H2;/q;3*-1;. The van der Waals surface area contributed by atoms with Gasteiger partial charge < -0.3 is 0 Å². The molecule has 79 heavy (non-hydrogen) atoms. The summed E-state index contributed by atoms with van der Waals surface area (Å²) in [6.45, 7) is 39.3. The van der Waals surface area contributed by atoms with E-state index in [0.29, 0.717) is 0 Å². The molecule has 2 aliphatic carbocycles. The minimum Gasteiger partial charge on any atom is -0.199 e. The summed E-state index contributed by atoms with van der Waals surface area (Å²) >= 11 is 2.04. The molecule has 2 heteroatoms. The predicted octanol–water partition coefficient (Wildman–Crippen LogP) is 21.4. The fourth-order valence-electron chi connectivity index (χ4n) is 10.8. The molecule has 0 spiro atoms. The van der Waals surface area contributed by atoms with Crippen molar-refractivity contribution >= 4 is 11.8 Å². The minimum absolute atomic E-state index is 0. The predicted molar refractivity (Wildman–Crippen MR) is 343 cm³/mol. The maximum absolute atomic E-state index is 3.72. The van der Waals surface area contributed by atoms with E-state index in [2.05, 4.69) is 213 Å². The maximum Gasteiger partial charge on any atom is 0.0194 e. The van der Waals surface area contributed by atoms with E-state index in [9.17, 15) is 0 Å². The zero-order valence-corrected chi connectivity index (χ0v) is 53.8. The number of hydrogen-bond acceptors (Lipinski definition) is 1. The molecular weight excluding hydrogens is 1140 g/mol. The molecule has 0 nitrogen and oxygen atoms in total. The van der Waals surface area contributed by atoms with Crippen molar-refractivity contribution in [2.24, 2.45) is 0 Å². The van der Waals surface area contributed by atoms with Crippen LogP contribution in [0.1, 0.15) is 155 Å². The SMILES string of the molecule is CC(C)(C)c1ccc2c(c1)Cc1c(-c3ccccc3CSCc3ccccc3-c3ccc(C(C)(C)C)c4c3Cc3cc(C(C)(C)C)ccc3-4)ccc(C(C)(C)C)c1-2.[CH2-]c1ccccc1.[CH2-]c1ccccc1.[CH2-]c1ccccc1.[Hf].